The zero-order chi connectivity index (χ0) is 18.4. The van der Waals surface area contributed by atoms with Crippen LogP contribution in [0.3, 0.4) is 0 Å². The van der Waals surface area contributed by atoms with Crippen LogP contribution in [0.1, 0.15) is 43.2 Å². The van der Waals surface area contributed by atoms with Gasteiger partial charge in [0.2, 0.25) is 5.95 Å². The van der Waals surface area contributed by atoms with Gasteiger partial charge in [-0.15, -0.1) is 0 Å². The summed E-state index contributed by atoms with van der Waals surface area (Å²) in [5.41, 5.74) is 11.2. The van der Waals surface area contributed by atoms with Gasteiger partial charge >= 0.3 is 0 Å². The average molecular weight is 364 g/mol. The molecule has 3 heterocycles. The van der Waals surface area contributed by atoms with Crippen molar-refractivity contribution >= 4 is 11.8 Å². The molecule has 1 aromatic heterocycles. The number of likely N-dealkylation sites (tertiary alicyclic amines) is 1. The Kier molecular flexibility index (Phi) is 4.27. The Morgan fingerprint density at radius 3 is 2.70 bits per heavy atom. The Morgan fingerprint density at radius 2 is 1.78 bits per heavy atom. The number of likely N-dealkylation sites (N-methyl/N-ethyl adjacent to an activating group) is 1. The van der Waals surface area contributed by atoms with Crippen molar-refractivity contribution in [2.45, 2.75) is 57.0 Å². The van der Waals surface area contributed by atoms with Gasteiger partial charge in [-0.3, -0.25) is 0 Å². The molecule has 142 valence electrons. The van der Waals surface area contributed by atoms with E-state index in [-0.39, 0.29) is 0 Å². The molecule has 1 aliphatic carbocycles. The Hall–Kier alpha value is -2.14. The minimum absolute atomic E-state index is 0.409. The molecule has 0 bridgehead atoms. The SMILES string of the molecule is CN1CCC[C@@H]2[C@H]1CCCN2c1nc(N)nc2c1CCCc1ccccc1-2. The third-order valence-corrected chi connectivity index (χ3v) is 6.74. The van der Waals surface area contributed by atoms with Crippen molar-refractivity contribution in [1.82, 2.24) is 14.9 Å². The van der Waals surface area contributed by atoms with Gasteiger partial charge in [0.1, 0.15) is 5.82 Å². The highest BCUT2D eigenvalue weighted by Crippen LogP contribution is 2.39. The van der Waals surface area contributed by atoms with Crippen molar-refractivity contribution in [2.24, 2.45) is 0 Å². The Morgan fingerprint density at radius 1 is 0.963 bits per heavy atom. The second-order valence-corrected chi connectivity index (χ2v) is 8.34. The highest BCUT2D eigenvalue weighted by molar-refractivity contribution is 5.74. The summed E-state index contributed by atoms with van der Waals surface area (Å²) in [6.45, 7) is 2.30. The van der Waals surface area contributed by atoms with Crippen LogP contribution >= 0.6 is 0 Å². The molecule has 0 spiro atoms. The van der Waals surface area contributed by atoms with E-state index in [9.17, 15) is 0 Å². The van der Waals surface area contributed by atoms with Crippen LogP contribution in [-0.2, 0) is 12.8 Å². The molecule has 0 amide bonds. The number of nitrogens with zero attached hydrogens (tertiary/aromatic N) is 4. The number of anilines is 2. The lowest BCUT2D eigenvalue weighted by Crippen LogP contribution is -2.57. The second-order valence-electron chi connectivity index (χ2n) is 8.34. The van der Waals surface area contributed by atoms with Gasteiger partial charge in [-0.1, -0.05) is 24.3 Å². The lowest BCUT2D eigenvalue weighted by molar-refractivity contribution is 0.130. The highest BCUT2D eigenvalue weighted by atomic mass is 15.3. The van der Waals surface area contributed by atoms with Crippen molar-refractivity contribution < 1.29 is 0 Å². The molecular formula is C22H29N5. The molecule has 5 rings (SSSR count). The van der Waals surface area contributed by atoms with E-state index in [4.69, 9.17) is 15.7 Å². The van der Waals surface area contributed by atoms with Crippen LogP contribution in [0.2, 0.25) is 0 Å². The summed E-state index contributed by atoms with van der Waals surface area (Å²) in [5, 5.41) is 0. The number of benzene rings is 1. The second kappa shape index (κ2) is 6.79. The molecule has 0 unspecified atom stereocenters. The first kappa shape index (κ1) is 17.0. The number of nitrogen functional groups attached to an aromatic ring is 1. The van der Waals surface area contributed by atoms with E-state index in [0.717, 1.165) is 37.3 Å². The summed E-state index contributed by atoms with van der Waals surface area (Å²) in [6.07, 6.45) is 8.31. The van der Waals surface area contributed by atoms with Gasteiger partial charge in [0, 0.05) is 29.8 Å². The lowest BCUT2D eigenvalue weighted by atomic mass is 9.87. The van der Waals surface area contributed by atoms with Crippen molar-refractivity contribution in [3.8, 4) is 11.3 Å². The van der Waals surface area contributed by atoms with Gasteiger partial charge in [0.15, 0.2) is 0 Å². The molecule has 2 aliphatic heterocycles. The van der Waals surface area contributed by atoms with Crippen LogP contribution in [-0.4, -0.2) is 47.1 Å². The molecule has 2 fully saturated rings. The maximum atomic E-state index is 6.23. The minimum atomic E-state index is 0.409. The van der Waals surface area contributed by atoms with Crippen LogP contribution in [0.25, 0.3) is 11.3 Å². The Bertz CT molecular complexity index is 849. The topological polar surface area (TPSA) is 58.3 Å². The average Bonchev–Trinajstić information content (AvgIpc) is 2.87. The zero-order valence-electron chi connectivity index (χ0n) is 16.2. The van der Waals surface area contributed by atoms with Crippen molar-refractivity contribution in [2.75, 3.05) is 30.8 Å². The predicted molar refractivity (Wildman–Crippen MR) is 110 cm³/mol. The number of fused-ring (bicyclic) bond motifs is 4. The number of rotatable bonds is 1. The normalized spacial score (nSPS) is 25.3. The molecule has 5 nitrogen and oxygen atoms in total. The van der Waals surface area contributed by atoms with E-state index in [0.29, 0.717) is 18.0 Å². The van der Waals surface area contributed by atoms with Gasteiger partial charge in [-0.25, -0.2) is 4.98 Å². The number of hydrogen-bond donors (Lipinski definition) is 1. The van der Waals surface area contributed by atoms with E-state index in [2.05, 4.69) is 41.1 Å². The minimum Gasteiger partial charge on any atom is -0.368 e. The van der Waals surface area contributed by atoms with E-state index >= 15 is 0 Å². The van der Waals surface area contributed by atoms with Gasteiger partial charge in [-0.2, -0.15) is 4.98 Å². The molecule has 2 atom stereocenters. The Labute approximate surface area is 161 Å². The third-order valence-electron chi connectivity index (χ3n) is 6.74. The zero-order valence-corrected chi connectivity index (χ0v) is 16.2. The van der Waals surface area contributed by atoms with E-state index < -0.39 is 0 Å². The molecule has 0 radical (unpaired) electrons. The first-order valence-electron chi connectivity index (χ1n) is 10.4. The van der Waals surface area contributed by atoms with Crippen LogP contribution in [0, 0.1) is 0 Å². The summed E-state index contributed by atoms with van der Waals surface area (Å²) in [7, 11) is 2.28. The summed E-state index contributed by atoms with van der Waals surface area (Å²) < 4.78 is 0. The molecule has 1 aromatic carbocycles. The van der Waals surface area contributed by atoms with Crippen molar-refractivity contribution in [1.29, 1.82) is 0 Å². The maximum Gasteiger partial charge on any atom is 0.222 e. The first-order valence-corrected chi connectivity index (χ1v) is 10.4. The fourth-order valence-corrected chi connectivity index (χ4v) is 5.48. The van der Waals surface area contributed by atoms with Gasteiger partial charge in [0.05, 0.1) is 5.69 Å². The summed E-state index contributed by atoms with van der Waals surface area (Å²) in [5.74, 6) is 1.52. The molecule has 0 saturated carbocycles. The highest BCUT2D eigenvalue weighted by Gasteiger charge is 2.38. The summed E-state index contributed by atoms with van der Waals surface area (Å²) in [6, 6.07) is 9.85. The maximum absolute atomic E-state index is 6.23. The van der Waals surface area contributed by atoms with E-state index in [1.54, 1.807) is 0 Å². The Balaban J connectivity index is 1.63. The molecule has 2 aromatic rings. The molecular weight excluding hydrogens is 334 g/mol. The number of nitrogens with two attached hydrogens (primary N) is 1. The number of aromatic nitrogens is 2. The van der Waals surface area contributed by atoms with Crippen LogP contribution in [0.5, 0.6) is 0 Å². The van der Waals surface area contributed by atoms with Crippen LogP contribution in [0.4, 0.5) is 11.8 Å². The fourth-order valence-electron chi connectivity index (χ4n) is 5.48. The lowest BCUT2D eigenvalue weighted by Gasteiger charge is -2.49. The quantitative estimate of drug-likeness (QED) is 0.843. The molecule has 5 heteroatoms. The van der Waals surface area contributed by atoms with Crippen molar-refractivity contribution in [3.63, 3.8) is 0 Å². The van der Waals surface area contributed by atoms with E-state index in [1.165, 1.54) is 48.9 Å². The monoisotopic (exact) mass is 363 g/mol. The molecule has 2 N–H and O–H groups in total. The third kappa shape index (κ3) is 2.89. The van der Waals surface area contributed by atoms with Gasteiger partial charge in [-0.05, 0) is 64.1 Å². The number of piperidine rings is 2. The molecule has 27 heavy (non-hydrogen) atoms. The van der Waals surface area contributed by atoms with Crippen molar-refractivity contribution in [3.05, 3.63) is 35.4 Å². The van der Waals surface area contributed by atoms with Crippen LogP contribution < -0.4 is 10.6 Å². The summed E-state index contributed by atoms with van der Waals surface area (Å²) >= 11 is 0. The fraction of sp³-hybridized carbons (Fsp3) is 0.545. The predicted octanol–water partition coefficient (Wildman–Crippen LogP) is 3.28. The largest absolute Gasteiger partial charge is 0.368 e. The number of hydrogen-bond acceptors (Lipinski definition) is 5. The first-order chi connectivity index (χ1) is 13.2. The number of aryl methyl sites for hydroxylation is 1. The molecule has 2 saturated heterocycles. The van der Waals surface area contributed by atoms with E-state index in [1.807, 2.05) is 0 Å². The molecule has 3 aliphatic rings. The summed E-state index contributed by atoms with van der Waals surface area (Å²) in [4.78, 5) is 14.7. The van der Waals surface area contributed by atoms with Gasteiger partial charge in [0.25, 0.3) is 0 Å². The van der Waals surface area contributed by atoms with Gasteiger partial charge < -0.3 is 15.5 Å². The standard InChI is InChI=1S/C22H29N5/c1-26-13-5-12-19-18(26)11-6-14-27(19)21-17-10-4-8-15-7-2-3-9-16(15)20(17)24-22(23)25-21/h2-3,7,9,18-19H,4-6,8,10-14H2,1H3,(H2,23,24,25)/t18-,19-/m1/s1. The smallest absolute Gasteiger partial charge is 0.222 e. The van der Waals surface area contributed by atoms with Crippen LogP contribution in [0.15, 0.2) is 24.3 Å².